The van der Waals surface area contributed by atoms with Gasteiger partial charge in [0.05, 0.1) is 6.26 Å². The number of nitrogens with one attached hydrogen (secondary N) is 2. The average molecular weight is 588 g/mol. The summed E-state index contributed by atoms with van der Waals surface area (Å²) in [5, 5.41) is 0.790. The van der Waals surface area contributed by atoms with Crippen LogP contribution in [0.15, 0.2) is 29.1 Å². The number of carbonyl (C=O) groups is 3. The number of nitrogens with zero attached hydrogens (tertiary/aromatic N) is 2. The molecule has 0 spiro atoms. The van der Waals surface area contributed by atoms with Gasteiger partial charge >= 0.3 is 0 Å². The summed E-state index contributed by atoms with van der Waals surface area (Å²) in [5.41, 5.74) is 6.37. The van der Waals surface area contributed by atoms with Crippen LogP contribution in [-0.2, 0) is 30.8 Å². The predicted octanol–water partition coefficient (Wildman–Crippen LogP) is 1.14. The summed E-state index contributed by atoms with van der Waals surface area (Å²) in [6.07, 6.45) is 0.891. The van der Waals surface area contributed by atoms with Gasteiger partial charge in [-0.1, -0.05) is 46.2 Å². The number of nitrogens with two attached hydrogens (primary N) is 1. The van der Waals surface area contributed by atoms with Gasteiger partial charge < -0.3 is 20.5 Å². The highest BCUT2D eigenvalue weighted by atomic mass is 32.2. The van der Waals surface area contributed by atoms with E-state index in [-0.39, 0.29) is 29.2 Å². The molecule has 41 heavy (non-hydrogen) atoms. The van der Waals surface area contributed by atoms with Gasteiger partial charge in [-0.15, -0.1) is 0 Å². The zero-order valence-corrected chi connectivity index (χ0v) is 25.8. The van der Waals surface area contributed by atoms with Crippen LogP contribution in [0, 0.1) is 29.6 Å². The highest BCUT2D eigenvalue weighted by molar-refractivity contribution is 7.88. The molecular weight excluding hydrogens is 546 g/mol. The second-order valence-electron chi connectivity index (χ2n) is 13.4. The smallest absolute Gasteiger partial charge is 0.251 e. The fourth-order valence-electron chi connectivity index (χ4n) is 6.29. The zero-order chi connectivity index (χ0) is 30.8. The second-order valence-corrected chi connectivity index (χ2v) is 15.1. The van der Waals surface area contributed by atoms with Gasteiger partial charge in [-0.05, 0) is 53.2 Å². The SMILES string of the molecule is Cc1ccc2[nH]c(=O)c(C[C@@H](C(N)=O)N(C)C(=O)[C@@H]3[C@@H]4[C@H](CN3C(=O)[C@@H](NS(C)(=O)=O)C(C)(C)C)C4(C)C)cc2c1. The largest absolute Gasteiger partial charge is 0.368 e. The van der Waals surface area contributed by atoms with Crippen molar-refractivity contribution in [2.45, 2.75) is 66.1 Å². The van der Waals surface area contributed by atoms with Gasteiger partial charge in [0.2, 0.25) is 27.7 Å². The molecule has 5 atom stereocenters. The average Bonchev–Trinajstić information content (AvgIpc) is 3.17. The summed E-state index contributed by atoms with van der Waals surface area (Å²) in [6.45, 7) is 11.5. The molecule has 1 aliphatic heterocycles. The lowest BCUT2D eigenvalue weighted by molar-refractivity contribution is -0.149. The number of pyridine rings is 1. The standard InChI is InChI=1S/C29H41N5O6S/c1-15-9-10-19-16(11-15)12-17(25(36)31-19)13-20(24(30)35)33(7)26(37)22-21-18(29(21,5)6)14-34(22)27(38)23(28(2,3)4)32-41(8,39)40/h9-12,18,20-23,32H,13-14H2,1-8H3,(H2,30,35)(H,31,36)/t18-,20-,21-,22-,23+/m0/s1. The van der Waals surface area contributed by atoms with E-state index in [0.717, 1.165) is 17.2 Å². The lowest BCUT2D eigenvalue weighted by Crippen LogP contribution is -2.60. The summed E-state index contributed by atoms with van der Waals surface area (Å²) in [7, 11) is -2.27. The van der Waals surface area contributed by atoms with E-state index >= 15 is 0 Å². The number of piperidine rings is 1. The number of hydrogen-bond acceptors (Lipinski definition) is 6. The Kier molecular flexibility index (Phi) is 7.66. The minimum absolute atomic E-state index is 0.0475. The second kappa shape index (κ2) is 10.2. The summed E-state index contributed by atoms with van der Waals surface area (Å²) >= 11 is 0. The number of primary amides is 1. The van der Waals surface area contributed by atoms with E-state index in [1.807, 2.05) is 32.9 Å². The van der Waals surface area contributed by atoms with E-state index in [2.05, 4.69) is 9.71 Å². The number of amides is 3. The number of aromatic nitrogens is 1. The van der Waals surface area contributed by atoms with Gasteiger partial charge in [0, 0.05) is 31.1 Å². The first-order chi connectivity index (χ1) is 18.7. The molecule has 1 aromatic carbocycles. The van der Waals surface area contributed by atoms with Crippen LogP contribution < -0.4 is 16.0 Å². The molecule has 11 nitrogen and oxygen atoms in total. The topological polar surface area (TPSA) is 163 Å². The molecule has 224 valence electrons. The molecule has 1 aromatic heterocycles. The van der Waals surface area contributed by atoms with Crippen molar-refractivity contribution in [2.24, 2.45) is 28.4 Å². The summed E-state index contributed by atoms with van der Waals surface area (Å²) < 4.78 is 26.7. The minimum atomic E-state index is -3.73. The highest BCUT2D eigenvalue weighted by Crippen LogP contribution is 2.65. The van der Waals surface area contributed by atoms with Gasteiger partial charge in [-0.2, -0.15) is 0 Å². The van der Waals surface area contributed by atoms with Crippen LogP contribution in [0.5, 0.6) is 0 Å². The summed E-state index contributed by atoms with van der Waals surface area (Å²) in [5.74, 6) is -1.86. The molecule has 1 saturated carbocycles. The van der Waals surface area contributed by atoms with E-state index in [9.17, 15) is 27.6 Å². The molecule has 4 N–H and O–H groups in total. The minimum Gasteiger partial charge on any atom is -0.368 e. The number of rotatable bonds is 8. The van der Waals surface area contributed by atoms with Gasteiger partial charge in [0.15, 0.2) is 0 Å². The number of sulfonamides is 1. The molecule has 0 unspecified atom stereocenters. The van der Waals surface area contributed by atoms with Crippen LogP contribution in [0.3, 0.4) is 0 Å². The van der Waals surface area contributed by atoms with Crippen LogP contribution in [0.2, 0.25) is 0 Å². The molecule has 1 aliphatic carbocycles. The van der Waals surface area contributed by atoms with E-state index in [0.29, 0.717) is 17.6 Å². The molecule has 2 heterocycles. The first kappa shape index (κ1) is 30.7. The lowest BCUT2D eigenvalue weighted by Gasteiger charge is -2.39. The van der Waals surface area contributed by atoms with Crippen LogP contribution in [0.1, 0.15) is 45.7 Å². The Balaban J connectivity index is 1.66. The Morgan fingerprint density at radius 2 is 1.85 bits per heavy atom. The number of fused-ring (bicyclic) bond motifs is 2. The molecule has 12 heteroatoms. The summed E-state index contributed by atoms with van der Waals surface area (Å²) in [6, 6.07) is 4.16. The summed E-state index contributed by atoms with van der Waals surface area (Å²) in [4.78, 5) is 59.1. The molecular formula is C29H41N5O6S. The Bertz CT molecular complexity index is 1570. The molecule has 2 fully saturated rings. The molecule has 2 aromatic rings. The van der Waals surface area contributed by atoms with Crippen molar-refractivity contribution in [3.05, 3.63) is 45.7 Å². The number of carbonyl (C=O) groups excluding carboxylic acids is 3. The Labute approximate surface area is 240 Å². The third-order valence-electron chi connectivity index (χ3n) is 8.82. The quantitative estimate of drug-likeness (QED) is 0.419. The molecule has 3 amide bonds. The van der Waals surface area contributed by atoms with Gasteiger partial charge in [-0.3, -0.25) is 19.2 Å². The van der Waals surface area contributed by atoms with Gasteiger partial charge in [0.1, 0.15) is 18.1 Å². The molecule has 0 bridgehead atoms. The Morgan fingerprint density at radius 1 is 1.22 bits per heavy atom. The maximum absolute atomic E-state index is 14.1. The number of likely N-dealkylation sites (tertiary alicyclic amines) is 1. The van der Waals surface area contributed by atoms with Crippen molar-refractivity contribution in [2.75, 3.05) is 19.8 Å². The monoisotopic (exact) mass is 587 g/mol. The fourth-order valence-corrected chi connectivity index (χ4v) is 7.18. The predicted molar refractivity (Wildman–Crippen MR) is 156 cm³/mol. The van der Waals surface area contributed by atoms with Crippen molar-refractivity contribution in [3.8, 4) is 0 Å². The highest BCUT2D eigenvalue weighted by Gasteiger charge is 2.70. The van der Waals surface area contributed by atoms with Gasteiger partial charge in [0.25, 0.3) is 5.56 Å². The van der Waals surface area contributed by atoms with Crippen molar-refractivity contribution >= 4 is 38.6 Å². The van der Waals surface area contributed by atoms with Crippen molar-refractivity contribution in [1.29, 1.82) is 0 Å². The van der Waals surface area contributed by atoms with Crippen molar-refractivity contribution < 1.29 is 22.8 Å². The van der Waals surface area contributed by atoms with Gasteiger partial charge in [-0.25, -0.2) is 13.1 Å². The van der Waals surface area contributed by atoms with Crippen molar-refractivity contribution in [1.82, 2.24) is 19.5 Å². The maximum atomic E-state index is 14.1. The number of likely N-dealkylation sites (N-methyl/N-ethyl adjacent to an activating group) is 1. The molecule has 1 saturated heterocycles. The van der Waals surface area contributed by atoms with Crippen LogP contribution in [0.4, 0.5) is 0 Å². The van der Waals surface area contributed by atoms with E-state index in [1.54, 1.807) is 32.9 Å². The zero-order valence-electron chi connectivity index (χ0n) is 24.9. The fraction of sp³-hybridized carbons (Fsp3) is 0.586. The Hall–Kier alpha value is -3.25. The molecule has 2 aliphatic rings. The number of benzene rings is 1. The van der Waals surface area contributed by atoms with Crippen LogP contribution in [0.25, 0.3) is 10.9 Å². The first-order valence-electron chi connectivity index (χ1n) is 13.7. The lowest BCUT2D eigenvalue weighted by atomic mass is 9.86. The Morgan fingerprint density at radius 3 is 2.41 bits per heavy atom. The van der Waals surface area contributed by atoms with E-state index in [1.165, 1.54) is 16.8 Å². The third kappa shape index (κ3) is 5.90. The third-order valence-corrected chi connectivity index (χ3v) is 9.49. The van der Waals surface area contributed by atoms with Crippen molar-refractivity contribution in [3.63, 3.8) is 0 Å². The van der Waals surface area contributed by atoms with Crippen LogP contribution >= 0.6 is 0 Å². The van der Waals surface area contributed by atoms with E-state index in [4.69, 9.17) is 5.73 Å². The number of hydrogen-bond donors (Lipinski definition) is 3. The first-order valence-corrected chi connectivity index (χ1v) is 15.6. The van der Waals surface area contributed by atoms with E-state index < -0.39 is 51.3 Å². The number of aryl methyl sites for hydroxylation is 1. The maximum Gasteiger partial charge on any atom is 0.251 e. The number of aromatic amines is 1. The van der Waals surface area contributed by atoms with Crippen LogP contribution in [-0.4, -0.2) is 78.9 Å². The molecule has 4 rings (SSSR count). The normalized spacial score (nSPS) is 23.1. The molecule has 0 radical (unpaired) electrons. The number of H-pyrrole nitrogens is 1.